The molecule has 4 aromatic rings. The molecule has 12 nitrogen and oxygen atoms in total. The third-order valence-corrected chi connectivity index (χ3v) is 4.36. The Morgan fingerprint density at radius 2 is 1.42 bits per heavy atom. The zero-order chi connectivity index (χ0) is 27.2. The van der Waals surface area contributed by atoms with E-state index in [9.17, 15) is 8.78 Å². The van der Waals surface area contributed by atoms with Crippen molar-refractivity contribution in [3.63, 3.8) is 0 Å². The molecule has 14 heteroatoms. The number of aromatic nitrogens is 4. The van der Waals surface area contributed by atoms with E-state index in [1.807, 2.05) is 60.7 Å². The number of hydrogen-bond acceptors (Lipinski definition) is 10. The number of halogens is 2. The summed E-state index contributed by atoms with van der Waals surface area (Å²) in [7, 11) is 0. The second-order valence-corrected chi connectivity index (χ2v) is 7.07. The highest BCUT2D eigenvalue weighted by molar-refractivity contribution is 5.79. The first-order chi connectivity index (χ1) is 18.5. The quantitative estimate of drug-likeness (QED) is 0.0880. The van der Waals surface area contributed by atoms with Crippen LogP contribution in [0.3, 0.4) is 0 Å². The van der Waals surface area contributed by atoms with Crippen molar-refractivity contribution in [3.8, 4) is 18.2 Å². The van der Waals surface area contributed by atoms with Crippen molar-refractivity contribution >= 4 is 17.6 Å². The van der Waals surface area contributed by atoms with Crippen molar-refractivity contribution in [1.82, 2.24) is 25.4 Å². The number of benzene rings is 2. The van der Waals surface area contributed by atoms with Crippen LogP contribution < -0.4 is 26.0 Å². The molecule has 5 N–H and O–H groups in total. The van der Waals surface area contributed by atoms with Crippen LogP contribution in [-0.4, -0.2) is 31.1 Å². The molecule has 0 unspecified atom stereocenters. The lowest BCUT2D eigenvalue weighted by Gasteiger charge is -2.05. The van der Waals surface area contributed by atoms with Crippen molar-refractivity contribution in [2.75, 3.05) is 5.32 Å². The first kappa shape index (κ1) is 27.2. The Morgan fingerprint density at radius 1 is 0.895 bits per heavy atom. The van der Waals surface area contributed by atoms with Gasteiger partial charge in [-0.3, -0.25) is 10.5 Å². The van der Waals surface area contributed by atoms with E-state index in [0.717, 1.165) is 23.5 Å². The average molecular weight is 521 g/mol. The normalized spacial score (nSPS) is 10.4. The SMILES string of the molecule is N#CNc1nc(OCc2ccccc2)ncc1F.NC(=Nc1nc(OCc2ccccc2)ncc1F)NO. The maximum atomic E-state index is 13.4. The first-order valence-corrected chi connectivity index (χ1v) is 10.8. The highest BCUT2D eigenvalue weighted by atomic mass is 19.1. The molecule has 0 saturated heterocycles. The third kappa shape index (κ3) is 8.66. The fraction of sp³-hybridized carbons (Fsp3) is 0.0833. The van der Waals surface area contributed by atoms with E-state index in [1.165, 1.54) is 0 Å². The van der Waals surface area contributed by atoms with Crippen LogP contribution in [0, 0.1) is 23.1 Å². The van der Waals surface area contributed by atoms with Crippen LogP contribution >= 0.6 is 0 Å². The predicted molar refractivity (Wildman–Crippen MR) is 131 cm³/mol. The van der Waals surface area contributed by atoms with Crippen molar-refractivity contribution < 1.29 is 23.5 Å². The van der Waals surface area contributed by atoms with E-state index < -0.39 is 17.6 Å². The molecule has 0 radical (unpaired) electrons. The average Bonchev–Trinajstić information content (AvgIpc) is 2.95. The Balaban J connectivity index is 0.000000212. The molecule has 0 spiro atoms. The van der Waals surface area contributed by atoms with Gasteiger partial charge in [-0.15, -0.1) is 0 Å². The Labute approximate surface area is 215 Å². The molecule has 4 rings (SSSR count). The van der Waals surface area contributed by atoms with Gasteiger partial charge < -0.3 is 15.2 Å². The van der Waals surface area contributed by atoms with Crippen LogP contribution in [0.15, 0.2) is 78.0 Å². The number of guanidine groups is 1. The summed E-state index contributed by atoms with van der Waals surface area (Å²) >= 11 is 0. The maximum absolute atomic E-state index is 13.4. The Bertz CT molecular complexity index is 1390. The molecule has 0 aliphatic heterocycles. The summed E-state index contributed by atoms with van der Waals surface area (Å²) in [6.45, 7) is 0.516. The number of nitrogens with one attached hydrogen (secondary N) is 2. The van der Waals surface area contributed by atoms with Crippen molar-refractivity contribution in [2.45, 2.75) is 13.2 Å². The maximum Gasteiger partial charge on any atom is 0.318 e. The standard InChI is InChI=1S/C12H12FN5O2.C12H9FN4O/c13-9-6-15-12(17-10(9)16-11(14)18-19)20-7-8-4-2-1-3-5-8;13-10-6-15-12(17-11(10)16-8-14)18-7-9-4-2-1-3-5-9/h1-6,19H,7H2,(H3,14,15,16,17,18);1-6H,7H2,(H,15,16,17). The summed E-state index contributed by atoms with van der Waals surface area (Å²) in [5, 5.41) is 19.0. The zero-order valence-corrected chi connectivity index (χ0v) is 19.6. The van der Waals surface area contributed by atoms with Gasteiger partial charge in [0.2, 0.25) is 5.96 Å². The van der Waals surface area contributed by atoms with E-state index >= 15 is 0 Å². The number of nitrogens with zero attached hydrogens (tertiary/aromatic N) is 6. The molecule has 2 heterocycles. The first-order valence-electron chi connectivity index (χ1n) is 10.8. The molecule has 0 aliphatic carbocycles. The number of nitriles is 1. The lowest BCUT2D eigenvalue weighted by molar-refractivity contribution is 0.233. The van der Waals surface area contributed by atoms with Gasteiger partial charge in [0.05, 0.1) is 12.4 Å². The fourth-order valence-corrected chi connectivity index (χ4v) is 2.63. The van der Waals surface area contributed by atoms with Gasteiger partial charge in [0.25, 0.3) is 0 Å². The minimum absolute atomic E-state index is 0.0120. The minimum atomic E-state index is -0.782. The molecule has 0 saturated carbocycles. The fourth-order valence-electron chi connectivity index (χ4n) is 2.63. The lowest BCUT2D eigenvalue weighted by Crippen LogP contribution is -2.27. The molecule has 2 aromatic heterocycles. The van der Waals surface area contributed by atoms with E-state index in [0.29, 0.717) is 0 Å². The second kappa shape index (κ2) is 14.2. The van der Waals surface area contributed by atoms with Crippen molar-refractivity contribution in [2.24, 2.45) is 10.7 Å². The van der Waals surface area contributed by atoms with Crippen molar-refractivity contribution in [1.29, 1.82) is 5.26 Å². The van der Waals surface area contributed by atoms with Crippen LogP contribution in [0.25, 0.3) is 0 Å². The van der Waals surface area contributed by atoms with Gasteiger partial charge in [-0.25, -0.2) is 24.2 Å². The predicted octanol–water partition coefficient (Wildman–Crippen LogP) is 3.21. The van der Waals surface area contributed by atoms with Gasteiger partial charge in [-0.1, -0.05) is 60.7 Å². The summed E-state index contributed by atoms with van der Waals surface area (Å²) in [5.74, 6) is -2.41. The topological polar surface area (TPSA) is 176 Å². The number of anilines is 1. The highest BCUT2D eigenvalue weighted by Gasteiger charge is 2.09. The van der Waals surface area contributed by atoms with Gasteiger partial charge in [0, 0.05) is 0 Å². The van der Waals surface area contributed by atoms with Gasteiger partial charge in [0.15, 0.2) is 29.5 Å². The smallest absolute Gasteiger partial charge is 0.318 e. The summed E-state index contributed by atoms with van der Waals surface area (Å²) < 4.78 is 37.1. The number of nitrogens with two attached hydrogens (primary N) is 1. The summed E-state index contributed by atoms with van der Waals surface area (Å²) in [5.41, 5.74) is 8.65. The molecule has 0 bridgehead atoms. The monoisotopic (exact) mass is 521 g/mol. The Hall–Kier alpha value is -5.42. The Morgan fingerprint density at radius 3 is 1.95 bits per heavy atom. The number of rotatable bonds is 8. The molecule has 2 aromatic carbocycles. The van der Waals surface area contributed by atoms with Crippen LogP contribution in [0.2, 0.25) is 0 Å². The largest absolute Gasteiger partial charge is 0.459 e. The van der Waals surface area contributed by atoms with Crippen LogP contribution in [0.1, 0.15) is 11.1 Å². The third-order valence-electron chi connectivity index (χ3n) is 4.36. The molecule has 0 amide bonds. The van der Waals surface area contributed by atoms with E-state index in [1.54, 1.807) is 11.7 Å². The number of ether oxygens (including phenoxy) is 2. The van der Waals surface area contributed by atoms with Gasteiger partial charge >= 0.3 is 12.0 Å². The van der Waals surface area contributed by atoms with E-state index in [2.05, 4.69) is 30.2 Å². The number of aliphatic imine (C=N–C) groups is 1. The molecule has 0 atom stereocenters. The summed E-state index contributed by atoms with van der Waals surface area (Å²) in [6, 6.07) is 18.8. The van der Waals surface area contributed by atoms with Gasteiger partial charge in [-0.2, -0.15) is 20.2 Å². The highest BCUT2D eigenvalue weighted by Crippen LogP contribution is 2.17. The molecular weight excluding hydrogens is 500 g/mol. The number of hydroxylamine groups is 1. The molecule has 0 aliphatic rings. The second-order valence-electron chi connectivity index (χ2n) is 7.07. The van der Waals surface area contributed by atoms with E-state index in [4.69, 9.17) is 25.7 Å². The zero-order valence-electron chi connectivity index (χ0n) is 19.6. The number of hydrogen-bond donors (Lipinski definition) is 4. The van der Waals surface area contributed by atoms with Crippen molar-refractivity contribution in [3.05, 3.63) is 95.8 Å². The van der Waals surface area contributed by atoms with Gasteiger partial charge in [0.1, 0.15) is 13.2 Å². The molecule has 0 fully saturated rings. The minimum Gasteiger partial charge on any atom is -0.459 e. The molecular formula is C24H21F2N9O3. The summed E-state index contributed by atoms with van der Waals surface area (Å²) in [4.78, 5) is 18.4. The Kier molecular flexibility index (Phi) is 10.2. The molecule has 194 valence electrons. The molecule has 38 heavy (non-hydrogen) atoms. The van der Waals surface area contributed by atoms with E-state index in [-0.39, 0.29) is 36.9 Å². The van der Waals surface area contributed by atoms with Crippen LogP contribution in [0.5, 0.6) is 12.0 Å². The summed E-state index contributed by atoms with van der Waals surface area (Å²) in [6.07, 6.45) is 3.45. The van der Waals surface area contributed by atoms with Crippen LogP contribution in [0.4, 0.5) is 20.4 Å². The van der Waals surface area contributed by atoms with Gasteiger partial charge in [-0.05, 0) is 11.1 Å². The lowest BCUT2D eigenvalue weighted by atomic mass is 10.2. The van der Waals surface area contributed by atoms with Crippen LogP contribution in [-0.2, 0) is 13.2 Å².